The maximum atomic E-state index is 12.8. The number of nitrogens with zero attached hydrogens (tertiary/aromatic N) is 2. The normalized spacial score (nSPS) is 14.2. The number of aromatic nitrogens is 2. The van der Waals surface area contributed by atoms with E-state index in [1.54, 1.807) is 6.07 Å². The molecule has 0 fully saturated rings. The van der Waals surface area contributed by atoms with E-state index in [0.717, 1.165) is 12.1 Å². The maximum absolute atomic E-state index is 12.8. The summed E-state index contributed by atoms with van der Waals surface area (Å²) in [5.41, 5.74) is 1.20. The molecular formula is C23H22F3N3O3. The lowest BCUT2D eigenvalue weighted by Crippen LogP contribution is -2.35. The van der Waals surface area contributed by atoms with Crippen LogP contribution < -0.4 is 10.3 Å². The number of hydrogen-bond donors (Lipinski definition) is 2. The van der Waals surface area contributed by atoms with Crippen molar-refractivity contribution in [1.29, 1.82) is 0 Å². The molecule has 0 aliphatic carbocycles. The summed E-state index contributed by atoms with van der Waals surface area (Å²) in [6.07, 6.45) is -3.95. The van der Waals surface area contributed by atoms with Crippen LogP contribution in [0.1, 0.15) is 29.3 Å². The fourth-order valence-electron chi connectivity index (χ4n) is 3.79. The van der Waals surface area contributed by atoms with Crippen LogP contribution in [0.2, 0.25) is 0 Å². The van der Waals surface area contributed by atoms with E-state index in [1.807, 2.05) is 19.1 Å². The second-order valence-electron chi connectivity index (χ2n) is 7.57. The number of nitrogens with one attached hydrogen (secondary N) is 1. The van der Waals surface area contributed by atoms with Crippen LogP contribution in [0.3, 0.4) is 0 Å². The van der Waals surface area contributed by atoms with Crippen LogP contribution >= 0.6 is 0 Å². The number of halogens is 3. The van der Waals surface area contributed by atoms with Crippen LogP contribution in [-0.4, -0.2) is 33.1 Å². The molecule has 0 spiro atoms. The molecule has 2 N–H and O–H groups in total. The molecule has 168 valence electrons. The molecule has 0 bridgehead atoms. The van der Waals surface area contributed by atoms with Crippen molar-refractivity contribution in [3.8, 4) is 22.9 Å². The monoisotopic (exact) mass is 445 g/mol. The smallest absolute Gasteiger partial charge is 0.416 e. The first-order valence-electron chi connectivity index (χ1n) is 10.2. The van der Waals surface area contributed by atoms with Gasteiger partial charge in [0.25, 0.3) is 5.56 Å². The van der Waals surface area contributed by atoms with Crippen molar-refractivity contribution < 1.29 is 23.0 Å². The predicted octanol–water partition coefficient (Wildman–Crippen LogP) is 4.12. The van der Waals surface area contributed by atoms with Gasteiger partial charge in [0.05, 0.1) is 17.9 Å². The summed E-state index contributed by atoms with van der Waals surface area (Å²) in [4.78, 5) is 21.8. The largest absolute Gasteiger partial charge is 0.504 e. The van der Waals surface area contributed by atoms with Crippen molar-refractivity contribution in [3.63, 3.8) is 0 Å². The summed E-state index contributed by atoms with van der Waals surface area (Å²) in [7, 11) is 0. The average molecular weight is 445 g/mol. The third-order valence-corrected chi connectivity index (χ3v) is 5.41. The summed E-state index contributed by atoms with van der Waals surface area (Å²) < 4.78 is 43.9. The number of rotatable bonds is 5. The number of H-pyrrole nitrogens is 1. The highest BCUT2D eigenvalue weighted by Gasteiger charge is 2.30. The fourth-order valence-corrected chi connectivity index (χ4v) is 3.79. The topological polar surface area (TPSA) is 78.5 Å². The molecule has 9 heteroatoms. The van der Waals surface area contributed by atoms with E-state index in [0.29, 0.717) is 60.8 Å². The lowest BCUT2D eigenvalue weighted by atomic mass is 10.0. The van der Waals surface area contributed by atoms with E-state index in [-0.39, 0.29) is 17.1 Å². The van der Waals surface area contributed by atoms with E-state index in [1.165, 1.54) is 12.1 Å². The van der Waals surface area contributed by atoms with Crippen molar-refractivity contribution in [2.75, 3.05) is 13.2 Å². The van der Waals surface area contributed by atoms with Crippen LogP contribution in [0, 0.1) is 0 Å². The quantitative estimate of drug-likeness (QED) is 0.618. The van der Waals surface area contributed by atoms with Crippen molar-refractivity contribution in [1.82, 2.24) is 14.9 Å². The Balaban J connectivity index is 1.58. The van der Waals surface area contributed by atoms with Crippen molar-refractivity contribution in [3.05, 3.63) is 75.2 Å². The molecule has 1 aromatic heterocycles. The minimum atomic E-state index is -4.43. The Labute approximate surface area is 182 Å². The minimum absolute atomic E-state index is 0.0875. The second-order valence-corrected chi connectivity index (χ2v) is 7.57. The Morgan fingerprint density at radius 1 is 1.19 bits per heavy atom. The number of aromatic hydroxyl groups is 1. The lowest BCUT2D eigenvalue weighted by Gasteiger charge is -2.28. The molecule has 0 saturated carbocycles. The molecule has 2 heterocycles. The first-order valence-corrected chi connectivity index (χ1v) is 10.2. The Bertz CT molecular complexity index is 1170. The van der Waals surface area contributed by atoms with Gasteiger partial charge in [0, 0.05) is 36.3 Å². The molecule has 4 rings (SSSR count). The zero-order valence-corrected chi connectivity index (χ0v) is 17.4. The Morgan fingerprint density at radius 2 is 1.94 bits per heavy atom. The highest BCUT2D eigenvalue weighted by molar-refractivity contribution is 5.56. The third-order valence-electron chi connectivity index (χ3n) is 5.41. The molecule has 3 aromatic rings. The van der Waals surface area contributed by atoms with Gasteiger partial charge in [-0.1, -0.05) is 24.3 Å². The standard InChI is InChI=1S/C23H22F3N3O3/c1-2-32-19-5-3-4-15(20(19)30)12-29-11-10-17-18(13-29)27-21(28-22(17)31)14-6-8-16(9-7-14)23(24,25)26/h3-9,30H,2,10-13H2,1H3,(H,27,28,31). The molecule has 0 saturated heterocycles. The number of benzene rings is 2. The molecule has 2 aromatic carbocycles. The number of ether oxygens (including phenoxy) is 1. The van der Waals surface area contributed by atoms with Gasteiger partial charge in [0.15, 0.2) is 11.5 Å². The zero-order valence-electron chi connectivity index (χ0n) is 17.4. The van der Waals surface area contributed by atoms with Gasteiger partial charge in [-0.3, -0.25) is 9.69 Å². The SMILES string of the molecule is CCOc1cccc(CN2CCc3c(nc(-c4ccc(C(F)(F)F)cc4)[nH]c3=O)C2)c1O. The molecule has 0 atom stereocenters. The number of para-hydroxylation sites is 1. The molecule has 6 nitrogen and oxygen atoms in total. The van der Waals surface area contributed by atoms with Gasteiger partial charge < -0.3 is 14.8 Å². The average Bonchev–Trinajstić information content (AvgIpc) is 2.76. The number of hydrogen-bond acceptors (Lipinski definition) is 5. The lowest BCUT2D eigenvalue weighted by molar-refractivity contribution is -0.137. The Kier molecular flexibility index (Phi) is 5.92. The van der Waals surface area contributed by atoms with E-state index in [4.69, 9.17) is 4.74 Å². The van der Waals surface area contributed by atoms with Crippen molar-refractivity contribution >= 4 is 0 Å². The van der Waals surface area contributed by atoms with Gasteiger partial charge in [-0.15, -0.1) is 0 Å². The van der Waals surface area contributed by atoms with Crippen molar-refractivity contribution in [2.45, 2.75) is 32.6 Å². The van der Waals surface area contributed by atoms with E-state index < -0.39 is 11.7 Å². The van der Waals surface area contributed by atoms with Crippen molar-refractivity contribution in [2.24, 2.45) is 0 Å². The minimum Gasteiger partial charge on any atom is -0.504 e. The summed E-state index contributed by atoms with van der Waals surface area (Å²) in [6, 6.07) is 9.85. The molecule has 0 amide bonds. The molecule has 0 radical (unpaired) electrons. The van der Waals surface area contributed by atoms with Crippen LogP contribution in [-0.2, 0) is 25.7 Å². The number of aromatic amines is 1. The van der Waals surface area contributed by atoms with Gasteiger partial charge in [-0.25, -0.2) is 4.98 Å². The number of phenolic OH excluding ortho intramolecular Hbond substituents is 1. The molecule has 1 aliphatic heterocycles. The van der Waals surface area contributed by atoms with Gasteiger partial charge in [-0.05, 0) is 31.5 Å². The van der Waals surface area contributed by atoms with Gasteiger partial charge in [-0.2, -0.15) is 13.2 Å². The highest BCUT2D eigenvalue weighted by Crippen LogP contribution is 2.32. The van der Waals surface area contributed by atoms with Gasteiger partial charge in [0.1, 0.15) is 5.82 Å². The first-order chi connectivity index (χ1) is 15.3. The summed E-state index contributed by atoms with van der Waals surface area (Å²) >= 11 is 0. The Hall–Kier alpha value is -3.33. The van der Waals surface area contributed by atoms with Crippen LogP contribution in [0.25, 0.3) is 11.4 Å². The predicted molar refractivity (Wildman–Crippen MR) is 112 cm³/mol. The number of fused-ring (bicyclic) bond motifs is 1. The summed E-state index contributed by atoms with van der Waals surface area (Å²) in [5.74, 6) is 0.733. The molecular weight excluding hydrogens is 423 g/mol. The third kappa shape index (κ3) is 4.47. The summed E-state index contributed by atoms with van der Waals surface area (Å²) in [5, 5.41) is 10.5. The van der Waals surface area contributed by atoms with E-state index in [9.17, 15) is 23.1 Å². The van der Waals surface area contributed by atoms with Gasteiger partial charge >= 0.3 is 6.18 Å². The van der Waals surface area contributed by atoms with E-state index in [2.05, 4.69) is 14.9 Å². The van der Waals surface area contributed by atoms with Crippen LogP contribution in [0.15, 0.2) is 47.3 Å². The zero-order chi connectivity index (χ0) is 22.9. The molecule has 32 heavy (non-hydrogen) atoms. The first kappa shape index (κ1) is 21.9. The fraction of sp³-hybridized carbons (Fsp3) is 0.304. The Morgan fingerprint density at radius 3 is 2.62 bits per heavy atom. The second kappa shape index (κ2) is 8.66. The molecule has 0 unspecified atom stereocenters. The summed E-state index contributed by atoms with van der Waals surface area (Å²) in [6.45, 7) is 3.70. The van der Waals surface area contributed by atoms with Crippen LogP contribution in [0.5, 0.6) is 11.5 Å². The van der Waals surface area contributed by atoms with E-state index >= 15 is 0 Å². The highest BCUT2D eigenvalue weighted by atomic mass is 19.4. The maximum Gasteiger partial charge on any atom is 0.416 e. The number of phenols is 1. The molecule has 1 aliphatic rings. The van der Waals surface area contributed by atoms with Crippen LogP contribution in [0.4, 0.5) is 13.2 Å². The van der Waals surface area contributed by atoms with Gasteiger partial charge in [0.2, 0.25) is 0 Å². The number of alkyl halides is 3.